The number of allylic oxidation sites excluding steroid dienone is 2. The minimum Gasteiger partial charge on any atom is -0.508 e. The van der Waals surface area contributed by atoms with Crippen LogP contribution in [0.2, 0.25) is 0 Å². The molecule has 178 valence electrons. The molecule has 0 amide bonds. The van der Waals surface area contributed by atoms with Crippen LogP contribution in [0.5, 0.6) is 17.2 Å². The number of aliphatic hydroxyl groups excluding tert-OH is 6. The van der Waals surface area contributed by atoms with Gasteiger partial charge in [0.25, 0.3) is 0 Å². The highest BCUT2D eigenvalue weighted by molar-refractivity contribution is 5.72. The molecule has 1 saturated heterocycles. The van der Waals surface area contributed by atoms with E-state index in [4.69, 9.17) is 14.2 Å². The molecule has 2 heterocycles. The van der Waals surface area contributed by atoms with E-state index in [1.165, 1.54) is 12.2 Å². The van der Waals surface area contributed by atoms with Crippen molar-refractivity contribution in [3.63, 3.8) is 0 Å². The van der Waals surface area contributed by atoms with Gasteiger partial charge in [-0.1, -0.05) is 0 Å². The van der Waals surface area contributed by atoms with Crippen LogP contribution in [0, 0.1) is 0 Å². The molecular formula is C21H22O12. The molecule has 12 nitrogen and oxygen atoms in total. The van der Waals surface area contributed by atoms with Crippen LogP contribution >= 0.6 is 0 Å². The van der Waals surface area contributed by atoms with Gasteiger partial charge in [0.05, 0.1) is 6.61 Å². The summed E-state index contributed by atoms with van der Waals surface area (Å²) >= 11 is 0. The molecule has 1 unspecified atom stereocenters. The molecule has 6 atom stereocenters. The van der Waals surface area contributed by atoms with Crippen molar-refractivity contribution < 1.29 is 60.2 Å². The monoisotopic (exact) mass is 466 g/mol. The number of aromatic hydroxyl groups is 3. The minimum atomic E-state index is -1.76. The standard InChI is InChI=1S/C21H22O12/c22-6-15-17(28)18(29)19(30)21(33-15)32-14-5-9-10(24)3-8(23)4-13(9)31-20(14)7-1-11(25)16(27)12(26)2-7/h1-5,10,15,17-19,21-30H,6H2/t10?,15-,17+,18+,19-,21-/m1/s1. The average molecular weight is 466 g/mol. The minimum absolute atomic E-state index is 0.00528. The molecular weight excluding hydrogens is 444 g/mol. The van der Waals surface area contributed by atoms with Crippen LogP contribution in [-0.2, 0) is 14.2 Å². The Balaban J connectivity index is 1.79. The van der Waals surface area contributed by atoms with Gasteiger partial charge >= 0.3 is 0 Å². The molecule has 1 aromatic carbocycles. The van der Waals surface area contributed by atoms with Crippen molar-refractivity contribution in [2.75, 3.05) is 6.61 Å². The molecule has 0 saturated carbocycles. The maximum absolute atomic E-state index is 10.3. The molecule has 33 heavy (non-hydrogen) atoms. The number of aliphatic hydroxyl groups is 6. The van der Waals surface area contributed by atoms with Crippen molar-refractivity contribution in [2.45, 2.75) is 36.8 Å². The van der Waals surface area contributed by atoms with Crippen molar-refractivity contribution >= 4 is 5.76 Å². The molecule has 0 spiro atoms. The van der Waals surface area contributed by atoms with E-state index in [1.807, 2.05) is 0 Å². The van der Waals surface area contributed by atoms with Gasteiger partial charge < -0.3 is 60.2 Å². The summed E-state index contributed by atoms with van der Waals surface area (Å²) in [6.45, 7) is -0.691. The smallest absolute Gasteiger partial charge is 0.229 e. The molecule has 0 aromatic heterocycles. The number of ether oxygens (including phenoxy) is 3. The zero-order valence-corrected chi connectivity index (χ0v) is 16.8. The Bertz CT molecular complexity index is 1050. The predicted molar refractivity (Wildman–Crippen MR) is 107 cm³/mol. The molecule has 4 rings (SSSR count). The lowest BCUT2D eigenvalue weighted by molar-refractivity contribution is -0.290. The third-order valence-corrected chi connectivity index (χ3v) is 5.36. The van der Waals surface area contributed by atoms with Crippen LogP contribution in [-0.4, -0.2) is 89.4 Å². The Morgan fingerprint density at radius 3 is 2.18 bits per heavy atom. The molecule has 2 aliphatic heterocycles. The third kappa shape index (κ3) is 4.11. The second kappa shape index (κ2) is 8.59. The van der Waals surface area contributed by atoms with Crippen molar-refractivity contribution in [3.05, 3.63) is 58.8 Å². The van der Waals surface area contributed by atoms with Crippen molar-refractivity contribution in [3.8, 4) is 17.2 Å². The van der Waals surface area contributed by atoms with Gasteiger partial charge in [0.15, 0.2) is 28.8 Å². The lowest BCUT2D eigenvalue weighted by Crippen LogP contribution is -2.59. The second-order valence-electron chi connectivity index (χ2n) is 7.62. The zero-order chi connectivity index (χ0) is 24.0. The summed E-state index contributed by atoms with van der Waals surface area (Å²) in [5, 5.41) is 89.2. The summed E-state index contributed by atoms with van der Waals surface area (Å²) in [6, 6.07) is 2.07. The molecule has 12 heteroatoms. The van der Waals surface area contributed by atoms with Crippen molar-refractivity contribution in [1.29, 1.82) is 0 Å². The number of fused-ring (bicyclic) bond motifs is 1. The summed E-state index contributed by atoms with van der Waals surface area (Å²) in [5.41, 5.74) is 0.130. The topological polar surface area (TPSA) is 210 Å². The van der Waals surface area contributed by atoms with Crippen LogP contribution < -0.4 is 0 Å². The van der Waals surface area contributed by atoms with E-state index in [-0.39, 0.29) is 34.2 Å². The Kier molecular flexibility index (Phi) is 5.97. The van der Waals surface area contributed by atoms with Gasteiger partial charge in [-0.25, -0.2) is 0 Å². The van der Waals surface area contributed by atoms with E-state index in [0.717, 1.165) is 18.2 Å². The summed E-state index contributed by atoms with van der Waals surface area (Å²) in [4.78, 5) is 0. The Hall–Kier alpha value is -3.26. The van der Waals surface area contributed by atoms with Gasteiger partial charge in [0.2, 0.25) is 6.29 Å². The van der Waals surface area contributed by atoms with Gasteiger partial charge in [0.1, 0.15) is 42.0 Å². The molecule has 9 N–H and O–H groups in total. The van der Waals surface area contributed by atoms with E-state index < -0.39 is 60.7 Å². The number of phenols is 3. The number of phenolic OH excluding ortho intramolecular Hbond substituents is 3. The maximum Gasteiger partial charge on any atom is 0.229 e. The Labute approximate surface area is 186 Å². The van der Waals surface area contributed by atoms with E-state index >= 15 is 0 Å². The highest BCUT2D eigenvalue weighted by Crippen LogP contribution is 2.43. The molecule has 3 aliphatic rings. The van der Waals surface area contributed by atoms with E-state index in [9.17, 15) is 46.0 Å². The summed E-state index contributed by atoms with van der Waals surface area (Å²) in [7, 11) is 0. The normalized spacial score (nSPS) is 31.7. The van der Waals surface area contributed by atoms with Gasteiger partial charge in [-0.05, 0) is 24.3 Å². The van der Waals surface area contributed by atoms with E-state index in [1.54, 1.807) is 0 Å². The van der Waals surface area contributed by atoms with Gasteiger partial charge in [-0.2, -0.15) is 0 Å². The van der Waals surface area contributed by atoms with Crippen molar-refractivity contribution in [1.82, 2.24) is 0 Å². The first kappa shape index (κ1) is 22.9. The van der Waals surface area contributed by atoms with Gasteiger partial charge in [0, 0.05) is 17.2 Å². The quantitative estimate of drug-likeness (QED) is 0.243. The summed E-state index contributed by atoms with van der Waals surface area (Å²) in [6.07, 6.45) is -5.67. The molecule has 0 radical (unpaired) electrons. The van der Waals surface area contributed by atoms with Crippen LogP contribution in [0.15, 0.2) is 53.2 Å². The zero-order valence-electron chi connectivity index (χ0n) is 16.8. The number of benzene rings is 1. The van der Waals surface area contributed by atoms with E-state index in [2.05, 4.69) is 0 Å². The average Bonchev–Trinajstić information content (AvgIpc) is 2.77. The fourth-order valence-corrected chi connectivity index (χ4v) is 3.59. The largest absolute Gasteiger partial charge is 0.508 e. The second-order valence-corrected chi connectivity index (χ2v) is 7.62. The third-order valence-electron chi connectivity index (χ3n) is 5.36. The van der Waals surface area contributed by atoms with Crippen LogP contribution in [0.25, 0.3) is 5.76 Å². The summed E-state index contributed by atoms with van der Waals surface area (Å²) < 4.78 is 16.8. The maximum atomic E-state index is 10.3. The van der Waals surface area contributed by atoms with Crippen molar-refractivity contribution in [2.24, 2.45) is 0 Å². The SMILES string of the molecule is OC[C@H]1O[C@@H](OC2=C(c3cc(O)c(O)c(O)c3)OC3=CC(O)=CC(O)C3=C2)[C@H](O)[C@@H](O)[C@H]1O. The number of hydrogen-bond acceptors (Lipinski definition) is 12. The lowest BCUT2D eigenvalue weighted by Gasteiger charge is -2.40. The fraction of sp³-hybridized carbons (Fsp3) is 0.333. The Morgan fingerprint density at radius 1 is 0.879 bits per heavy atom. The van der Waals surface area contributed by atoms with Crippen LogP contribution in [0.4, 0.5) is 0 Å². The summed E-state index contributed by atoms with van der Waals surface area (Å²) in [5.74, 6) is -2.84. The molecule has 1 aliphatic carbocycles. The molecule has 1 fully saturated rings. The lowest BCUT2D eigenvalue weighted by atomic mass is 9.97. The predicted octanol–water partition coefficient (Wildman–Crippen LogP) is -1.05. The number of hydrogen-bond donors (Lipinski definition) is 9. The Morgan fingerprint density at radius 2 is 1.55 bits per heavy atom. The van der Waals surface area contributed by atoms with E-state index in [0.29, 0.717) is 0 Å². The number of rotatable bonds is 4. The van der Waals surface area contributed by atoms with Crippen LogP contribution in [0.1, 0.15) is 5.56 Å². The first-order chi connectivity index (χ1) is 15.6. The first-order valence-corrected chi connectivity index (χ1v) is 9.77. The first-order valence-electron chi connectivity index (χ1n) is 9.77. The molecule has 0 bridgehead atoms. The highest BCUT2D eigenvalue weighted by atomic mass is 16.7. The fourth-order valence-electron chi connectivity index (χ4n) is 3.59. The van der Waals surface area contributed by atoms with Gasteiger partial charge in [-0.3, -0.25) is 0 Å². The van der Waals surface area contributed by atoms with Crippen LogP contribution in [0.3, 0.4) is 0 Å². The van der Waals surface area contributed by atoms with Gasteiger partial charge in [-0.15, -0.1) is 0 Å². The highest BCUT2D eigenvalue weighted by Gasteiger charge is 2.45. The molecule has 1 aromatic rings.